The van der Waals surface area contributed by atoms with Gasteiger partial charge in [0, 0.05) is 13.0 Å². The number of nitrogens with zero attached hydrogens (tertiary/aromatic N) is 1. The number of aliphatic hydroxyl groups is 2. The molecule has 0 bridgehead atoms. The van der Waals surface area contributed by atoms with Crippen LogP contribution >= 0.6 is 11.8 Å². The first-order valence-corrected chi connectivity index (χ1v) is 17.4. The molecule has 51 heavy (non-hydrogen) atoms. The van der Waals surface area contributed by atoms with Gasteiger partial charge in [-0.2, -0.15) is 11.8 Å². The second-order valence-electron chi connectivity index (χ2n) is 11.9. The van der Waals surface area contributed by atoms with Crippen molar-refractivity contribution in [1.29, 1.82) is 0 Å². The highest BCUT2D eigenvalue weighted by Crippen LogP contribution is 2.20. The highest BCUT2D eigenvalue weighted by Gasteiger charge is 2.40. The number of primary amides is 2. The van der Waals surface area contributed by atoms with Crippen LogP contribution in [0.25, 0.3) is 0 Å². The summed E-state index contributed by atoms with van der Waals surface area (Å²) in [6, 6.07) is -8.43. The molecule has 1 heterocycles. The Labute approximate surface area is 297 Å². The maximum Gasteiger partial charge on any atom is 0.328 e. The van der Waals surface area contributed by atoms with Gasteiger partial charge in [-0.15, -0.1) is 0 Å². The van der Waals surface area contributed by atoms with E-state index in [2.05, 4.69) is 26.6 Å². The molecule has 0 aromatic carbocycles. The number of carbonyl (C=O) groups excluding carboxylic acids is 8. The highest BCUT2D eigenvalue weighted by molar-refractivity contribution is 7.98. The normalized spacial score (nSPS) is 18.1. The van der Waals surface area contributed by atoms with E-state index in [0.29, 0.717) is 12.2 Å². The lowest BCUT2D eigenvalue weighted by molar-refractivity contribution is -0.145. The maximum atomic E-state index is 13.4. The van der Waals surface area contributed by atoms with E-state index in [-0.39, 0.29) is 32.2 Å². The first kappa shape index (κ1) is 44.5. The molecule has 288 valence electrons. The van der Waals surface area contributed by atoms with E-state index < -0.39 is 115 Å². The Bertz CT molecular complexity index is 1300. The zero-order valence-corrected chi connectivity index (χ0v) is 29.4. The Kier molecular flexibility index (Phi) is 18.9. The Balaban J connectivity index is 3.03. The summed E-state index contributed by atoms with van der Waals surface area (Å²) in [5, 5.41) is 40.8. The smallest absolute Gasteiger partial charge is 0.328 e. The minimum atomic E-state index is -1.64. The third kappa shape index (κ3) is 15.1. The lowest BCUT2D eigenvalue weighted by Gasteiger charge is -2.31. The molecule has 0 radical (unpaired) electrons. The SMILES string of the molecule is CSCC[C@H](NC(=O)CNC(=O)[C@H](CCC(N)=O)NC(=O)[C@@H]1CCCN1C(=O)[C@@H](NC(=O)[C@@H](N)CC(N)=O)[C@@H](C)O)C(=O)N[C@H](C(=O)O)[C@@H](C)O. The number of thioether (sulfide) groups is 1. The summed E-state index contributed by atoms with van der Waals surface area (Å²) in [7, 11) is 0. The fourth-order valence-corrected chi connectivity index (χ4v) is 5.42. The molecule has 14 N–H and O–H groups in total. The van der Waals surface area contributed by atoms with Gasteiger partial charge in [-0.25, -0.2) is 4.79 Å². The molecule has 0 aromatic rings. The van der Waals surface area contributed by atoms with Gasteiger partial charge >= 0.3 is 5.97 Å². The fourth-order valence-electron chi connectivity index (χ4n) is 4.95. The zero-order valence-electron chi connectivity index (χ0n) is 28.6. The number of carboxylic acids is 1. The second-order valence-corrected chi connectivity index (χ2v) is 12.9. The van der Waals surface area contributed by atoms with E-state index in [0.717, 1.165) is 4.90 Å². The average molecular weight is 748 g/mol. The van der Waals surface area contributed by atoms with Crippen molar-refractivity contribution < 1.29 is 58.5 Å². The monoisotopic (exact) mass is 747 g/mol. The lowest BCUT2D eigenvalue weighted by atomic mass is 10.1. The van der Waals surface area contributed by atoms with Crippen molar-refractivity contribution in [3.63, 3.8) is 0 Å². The number of likely N-dealkylation sites (tertiary alicyclic amines) is 1. The van der Waals surface area contributed by atoms with Crippen molar-refractivity contribution in [2.24, 2.45) is 17.2 Å². The van der Waals surface area contributed by atoms with E-state index >= 15 is 0 Å². The van der Waals surface area contributed by atoms with Crippen LogP contribution in [0.15, 0.2) is 0 Å². The van der Waals surface area contributed by atoms with Crippen molar-refractivity contribution >= 4 is 65.0 Å². The molecule has 0 spiro atoms. The number of hydrogen-bond acceptors (Lipinski definition) is 13. The van der Waals surface area contributed by atoms with Crippen molar-refractivity contribution in [2.45, 2.75) is 101 Å². The predicted molar refractivity (Wildman–Crippen MR) is 180 cm³/mol. The standard InChI is InChI=1S/C29H49N9O12S/c1-13(39)22(36-24(44)15(30)11-20(32)42)28(48)38-9-4-5-18(38)27(47)35-16(6-7-19(31)41)25(45)33-12-21(43)34-17(8-10-51-3)26(46)37-23(14(2)40)29(49)50/h13-18,22-23,39-40H,4-12,30H2,1-3H3,(H2,31,41)(H2,32,42)(H,33,45)(H,34,43)(H,35,47)(H,36,44)(H,37,46)(H,49,50)/t13-,14-,15+,16+,17+,18+,22+,23+/m1/s1. The number of rotatable bonds is 22. The van der Waals surface area contributed by atoms with Crippen molar-refractivity contribution in [2.75, 3.05) is 25.1 Å². The summed E-state index contributed by atoms with van der Waals surface area (Å²) in [6.07, 6.45) is -1.79. The number of carboxylic acid groups (broad SMARTS) is 1. The first-order chi connectivity index (χ1) is 23.8. The largest absolute Gasteiger partial charge is 0.480 e. The number of aliphatic hydroxyl groups excluding tert-OH is 2. The number of nitrogens with two attached hydrogens (primary N) is 3. The van der Waals surface area contributed by atoms with Crippen LogP contribution in [-0.4, -0.2) is 147 Å². The molecule has 1 rings (SSSR count). The molecule has 21 nitrogen and oxygen atoms in total. The van der Waals surface area contributed by atoms with Crippen LogP contribution in [-0.2, 0) is 43.2 Å². The summed E-state index contributed by atoms with van der Waals surface area (Å²) in [5.74, 6) is -8.06. The molecule has 1 saturated heterocycles. The molecule has 0 saturated carbocycles. The van der Waals surface area contributed by atoms with Crippen LogP contribution in [0.2, 0.25) is 0 Å². The minimum absolute atomic E-state index is 0.0391. The summed E-state index contributed by atoms with van der Waals surface area (Å²) < 4.78 is 0. The quantitative estimate of drug-likeness (QED) is 0.0492. The van der Waals surface area contributed by atoms with Crippen LogP contribution in [0.3, 0.4) is 0 Å². The fraction of sp³-hybridized carbons (Fsp3) is 0.690. The molecule has 1 fully saturated rings. The molecular formula is C29H49N9O12S. The van der Waals surface area contributed by atoms with E-state index in [9.17, 15) is 58.5 Å². The molecular weight excluding hydrogens is 698 g/mol. The van der Waals surface area contributed by atoms with Crippen LogP contribution in [0, 0.1) is 0 Å². The van der Waals surface area contributed by atoms with E-state index in [1.54, 1.807) is 6.26 Å². The molecule has 8 atom stereocenters. The van der Waals surface area contributed by atoms with Gasteiger partial charge in [0.25, 0.3) is 0 Å². The number of amides is 8. The topological polar surface area (TPSA) is 356 Å². The molecule has 0 aromatic heterocycles. The molecule has 1 aliphatic heterocycles. The van der Waals surface area contributed by atoms with Crippen LogP contribution < -0.4 is 43.8 Å². The molecule has 8 amide bonds. The summed E-state index contributed by atoms with van der Waals surface area (Å²) in [5.41, 5.74) is 15.9. The number of hydrogen-bond donors (Lipinski definition) is 11. The van der Waals surface area contributed by atoms with E-state index in [1.165, 1.54) is 25.6 Å². The van der Waals surface area contributed by atoms with Gasteiger partial charge in [0.15, 0.2) is 6.04 Å². The van der Waals surface area contributed by atoms with E-state index in [1.807, 2.05) is 0 Å². The van der Waals surface area contributed by atoms with E-state index in [4.69, 9.17) is 17.2 Å². The van der Waals surface area contributed by atoms with Crippen molar-refractivity contribution in [3.05, 3.63) is 0 Å². The number of nitrogens with one attached hydrogen (secondary N) is 5. The van der Waals surface area contributed by atoms with Crippen molar-refractivity contribution in [1.82, 2.24) is 31.5 Å². The summed E-state index contributed by atoms with van der Waals surface area (Å²) >= 11 is 1.34. The van der Waals surface area contributed by atoms with Gasteiger partial charge < -0.3 is 64.0 Å². The van der Waals surface area contributed by atoms with Gasteiger partial charge in [-0.3, -0.25) is 38.4 Å². The highest BCUT2D eigenvalue weighted by atomic mass is 32.2. The van der Waals surface area contributed by atoms with Gasteiger partial charge in [-0.1, -0.05) is 0 Å². The predicted octanol–water partition coefficient (Wildman–Crippen LogP) is -5.90. The Hall–Kier alpha value is -4.54. The van der Waals surface area contributed by atoms with Crippen LogP contribution in [0.1, 0.15) is 52.4 Å². The van der Waals surface area contributed by atoms with Crippen LogP contribution in [0.5, 0.6) is 0 Å². The van der Waals surface area contributed by atoms with Gasteiger partial charge in [0.2, 0.25) is 47.3 Å². The van der Waals surface area contributed by atoms with Gasteiger partial charge in [-0.05, 0) is 51.5 Å². The first-order valence-electron chi connectivity index (χ1n) is 16.0. The molecule has 0 unspecified atom stereocenters. The lowest BCUT2D eigenvalue weighted by Crippen LogP contribution is -2.60. The Morgan fingerprint density at radius 1 is 0.824 bits per heavy atom. The zero-order chi connectivity index (χ0) is 39.0. The molecule has 1 aliphatic rings. The maximum absolute atomic E-state index is 13.4. The van der Waals surface area contributed by atoms with Gasteiger partial charge in [0.1, 0.15) is 24.2 Å². The second kappa shape index (κ2) is 21.6. The van der Waals surface area contributed by atoms with Gasteiger partial charge in [0.05, 0.1) is 31.2 Å². The van der Waals surface area contributed by atoms with Crippen molar-refractivity contribution in [3.8, 4) is 0 Å². The minimum Gasteiger partial charge on any atom is -0.480 e. The van der Waals surface area contributed by atoms with Crippen LogP contribution in [0.4, 0.5) is 0 Å². The molecule has 22 heteroatoms. The average Bonchev–Trinajstić information content (AvgIpc) is 3.54. The Morgan fingerprint density at radius 3 is 1.94 bits per heavy atom. The third-order valence-corrected chi connectivity index (χ3v) is 8.33. The third-order valence-electron chi connectivity index (χ3n) is 7.69. The summed E-state index contributed by atoms with van der Waals surface area (Å²) in [4.78, 5) is 113. The molecule has 0 aliphatic carbocycles. The Morgan fingerprint density at radius 2 is 1.41 bits per heavy atom. The number of aliphatic carboxylic acids is 1. The number of carbonyl (C=O) groups is 9. The summed E-state index contributed by atoms with van der Waals surface area (Å²) in [6.45, 7) is 1.72.